The zero-order valence-electron chi connectivity index (χ0n) is 11.2. The molecule has 0 aliphatic rings. The molecule has 0 radical (unpaired) electrons. The Morgan fingerprint density at radius 2 is 1.94 bits per heavy atom. The standard InChI is InChI=1S/C15H22BrNO/c1-13(2)8-9-15(18)17(11-10-16)12-14-6-4-3-5-7-14/h3-7,13H,8-12H2,1-2H3. The van der Waals surface area contributed by atoms with E-state index in [9.17, 15) is 4.79 Å². The third-order valence-electron chi connectivity index (χ3n) is 2.86. The molecule has 1 rings (SSSR count). The fraction of sp³-hybridized carbons (Fsp3) is 0.533. The minimum absolute atomic E-state index is 0.256. The third-order valence-corrected chi connectivity index (χ3v) is 3.21. The summed E-state index contributed by atoms with van der Waals surface area (Å²) in [5.74, 6) is 0.837. The summed E-state index contributed by atoms with van der Waals surface area (Å²) in [6.07, 6.45) is 1.61. The van der Waals surface area contributed by atoms with E-state index in [2.05, 4.69) is 41.9 Å². The number of alkyl halides is 1. The van der Waals surface area contributed by atoms with Crippen LogP contribution >= 0.6 is 15.9 Å². The van der Waals surface area contributed by atoms with Gasteiger partial charge in [0.25, 0.3) is 0 Å². The lowest BCUT2D eigenvalue weighted by molar-refractivity contribution is -0.131. The molecule has 18 heavy (non-hydrogen) atoms. The van der Waals surface area contributed by atoms with E-state index in [-0.39, 0.29) is 5.91 Å². The summed E-state index contributed by atoms with van der Waals surface area (Å²) >= 11 is 3.42. The van der Waals surface area contributed by atoms with E-state index in [0.29, 0.717) is 18.9 Å². The Morgan fingerprint density at radius 3 is 2.50 bits per heavy atom. The van der Waals surface area contributed by atoms with Gasteiger partial charge < -0.3 is 4.90 Å². The number of amides is 1. The average Bonchev–Trinajstić information content (AvgIpc) is 2.36. The molecule has 100 valence electrons. The van der Waals surface area contributed by atoms with Crippen LogP contribution in [-0.2, 0) is 11.3 Å². The number of carbonyl (C=O) groups is 1. The number of halogens is 1. The molecule has 1 aromatic carbocycles. The smallest absolute Gasteiger partial charge is 0.222 e. The van der Waals surface area contributed by atoms with Crippen molar-refractivity contribution >= 4 is 21.8 Å². The number of rotatable bonds is 7. The van der Waals surface area contributed by atoms with Gasteiger partial charge in [-0.25, -0.2) is 0 Å². The van der Waals surface area contributed by atoms with Crippen LogP contribution in [0.3, 0.4) is 0 Å². The van der Waals surface area contributed by atoms with E-state index in [4.69, 9.17) is 0 Å². The summed E-state index contributed by atoms with van der Waals surface area (Å²) < 4.78 is 0. The quantitative estimate of drug-likeness (QED) is 0.700. The van der Waals surface area contributed by atoms with Gasteiger partial charge in [0.05, 0.1) is 0 Å². The molecule has 0 aliphatic heterocycles. The molecule has 0 heterocycles. The number of carbonyl (C=O) groups excluding carboxylic acids is 1. The second kappa shape index (κ2) is 8.30. The lowest BCUT2D eigenvalue weighted by atomic mass is 10.1. The second-order valence-electron chi connectivity index (χ2n) is 4.92. The summed E-state index contributed by atoms with van der Waals surface area (Å²) in [5, 5.41) is 0.827. The molecule has 0 saturated heterocycles. The van der Waals surface area contributed by atoms with Gasteiger partial charge in [-0.05, 0) is 17.9 Å². The molecule has 0 saturated carbocycles. The largest absolute Gasteiger partial charge is 0.338 e. The third kappa shape index (κ3) is 5.67. The summed E-state index contributed by atoms with van der Waals surface area (Å²) in [4.78, 5) is 14.1. The van der Waals surface area contributed by atoms with Crippen LogP contribution in [0, 0.1) is 5.92 Å². The topological polar surface area (TPSA) is 20.3 Å². The molecule has 0 unspecified atom stereocenters. The van der Waals surface area contributed by atoms with Crippen molar-refractivity contribution in [1.29, 1.82) is 0 Å². The normalized spacial score (nSPS) is 10.7. The van der Waals surface area contributed by atoms with Crippen molar-refractivity contribution in [2.45, 2.75) is 33.2 Å². The summed E-state index contributed by atoms with van der Waals surface area (Å²) in [6, 6.07) is 10.2. The highest BCUT2D eigenvalue weighted by Gasteiger charge is 2.13. The molecule has 1 amide bonds. The Hall–Kier alpha value is -0.830. The predicted molar refractivity (Wildman–Crippen MR) is 79.7 cm³/mol. The van der Waals surface area contributed by atoms with Crippen molar-refractivity contribution in [1.82, 2.24) is 4.90 Å². The molecule has 1 aromatic rings. The van der Waals surface area contributed by atoms with Gasteiger partial charge in [-0.2, -0.15) is 0 Å². The van der Waals surface area contributed by atoms with Crippen LogP contribution in [0.2, 0.25) is 0 Å². The van der Waals surface area contributed by atoms with Crippen molar-refractivity contribution in [3.05, 3.63) is 35.9 Å². The molecule has 3 heteroatoms. The van der Waals surface area contributed by atoms with Crippen LogP contribution < -0.4 is 0 Å². The Balaban J connectivity index is 2.56. The van der Waals surface area contributed by atoms with Crippen molar-refractivity contribution in [2.24, 2.45) is 5.92 Å². The monoisotopic (exact) mass is 311 g/mol. The fourth-order valence-electron chi connectivity index (χ4n) is 1.77. The van der Waals surface area contributed by atoms with Crippen LogP contribution in [0.1, 0.15) is 32.3 Å². The van der Waals surface area contributed by atoms with Gasteiger partial charge in [0.15, 0.2) is 0 Å². The molecule has 0 spiro atoms. The summed E-state index contributed by atoms with van der Waals surface area (Å²) in [6.45, 7) is 5.79. The molecule has 0 aromatic heterocycles. The predicted octanol–water partition coefficient (Wildman–Crippen LogP) is 3.85. The first-order valence-corrected chi connectivity index (χ1v) is 7.63. The van der Waals surface area contributed by atoms with Gasteiger partial charge in [0.2, 0.25) is 5.91 Å². The van der Waals surface area contributed by atoms with Crippen LogP contribution in [0.4, 0.5) is 0 Å². The maximum atomic E-state index is 12.1. The number of hydrogen-bond donors (Lipinski definition) is 0. The molecular weight excluding hydrogens is 290 g/mol. The Morgan fingerprint density at radius 1 is 1.28 bits per heavy atom. The summed E-state index contributed by atoms with van der Waals surface area (Å²) in [7, 11) is 0. The lowest BCUT2D eigenvalue weighted by Crippen LogP contribution is -2.32. The SMILES string of the molecule is CC(C)CCC(=O)N(CCBr)Cc1ccccc1. The van der Waals surface area contributed by atoms with Crippen LogP contribution in [0.5, 0.6) is 0 Å². The van der Waals surface area contributed by atoms with Crippen molar-refractivity contribution in [3.63, 3.8) is 0 Å². The molecule has 2 nitrogen and oxygen atoms in total. The zero-order valence-corrected chi connectivity index (χ0v) is 12.8. The van der Waals surface area contributed by atoms with Gasteiger partial charge in [-0.3, -0.25) is 4.79 Å². The fourth-order valence-corrected chi connectivity index (χ4v) is 2.20. The van der Waals surface area contributed by atoms with Gasteiger partial charge in [-0.1, -0.05) is 60.1 Å². The van der Waals surface area contributed by atoms with E-state index >= 15 is 0 Å². The van der Waals surface area contributed by atoms with Crippen molar-refractivity contribution in [3.8, 4) is 0 Å². The highest BCUT2D eigenvalue weighted by atomic mass is 79.9. The van der Waals surface area contributed by atoms with Crippen LogP contribution in [0.25, 0.3) is 0 Å². The minimum Gasteiger partial charge on any atom is -0.338 e. The summed E-state index contributed by atoms with van der Waals surface area (Å²) in [5.41, 5.74) is 1.19. The van der Waals surface area contributed by atoms with Crippen molar-refractivity contribution < 1.29 is 4.79 Å². The molecule has 0 N–H and O–H groups in total. The average molecular weight is 312 g/mol. The molecule has 0 aliphatic carbocycles. The lowest BCUT2D eigenvalue weighted by Gasteiger charge is -2.22. The van der Waals surface area contributed by atoms with Gasteiger partial charge >= 0.3 is 0 Å². The van der Waals surface area contributed by atoms with Gasteiger partial charge in [0, 0.05) is 24.8 Å². The highest BCUT2D eigenvalue weighted by molar-refractivity contribution is 9.09. The Bertz CT molecular complexity index is 351. The van der Waals surface area contributed by atoms with E-state index < -0.39 is 0 Å². The van der Waals surface area contributed by atoms with Crippen LogP contribution in [-0.4, -0.2) is 22.7 Å². The maximum absolute atomic E-state index is 12.1. The Kier molecular flexibility index (Phi) is 7.02. The Labute approximate surface area is 119 Å². The highest BCUT2D eigenvalue weighted by Crippen LogP contribution is 2.10. The van der Waals surface area contributed by atoms with E-state index in [1.54, 1.807) is 0 Å². The molecule has 0 atom stereocenters. The van der Waals surface area contributed by atoms with Crippen LogP contribution in [0.15, 0.2) is 30.3 Å². The van der Waals surface area contributed by atoms with E-state index in [1.165, 1.54) is 5.56 Å². The molecule has 0 fully saturated rings. The van der Waals surface area contributed by atoms with Gasteiger partial charge in [0.1, 0.15) is 0 Å². The van der Waals surface area contributed by atoms with E-state index in [1.807, 2.05) is 23.1 Å². The minimum atomic E-state index is 0.256. The van der Waals surface area contributed by atoms with E-state index in [0.717, 1.165) is 18.3 Å². The number of benzene rings is 1. The number of hydrogen-bond acceptors (Lipinski definition) is 1. The number of nitrogens with zero attached hydrogens (tertiary/aromatic N) is 1. The van der Waals surface area contributed by atoms with Crippen molar-refractivity contribution in [2.75, 3.05) is 11.9 Å². The van der Waals surface area contributed by atoms with Gasteiger partial charge in [-0.15, -0.1) is 0 Å². The first-order valence-electron chi connectivity index (χ1n) is 6.51. The first-order chi connectivity index (χ1) is 8.63. The molecular formula is C15H22BrNO. The second-order valence-corrected chi connectivity index (χ2v) is 5.72. The zero-order chi connectivity index (χ0) is 13.4. The maximum Gasteiger partial charge on any atom is 0.222 e. The molecule has 0 bridgehead atoms. The first kappa shape index (κ1) is 15.2.